The van der Waals surface area contributed by atoms with Crippen LogP contribution in [0.15, 0.2) is 47.4 Å². The molecule has 7 heteroatoms. The van der Waals surface area contributed by atoms with Gasteiger partial charge in [0.15, 0.2) is 0 Å². The lowest BCUT2D eigenvalue weighted by atomic mass is 10.1. The molecule has 1 aliphatic rings. The molecule has 0 fully saturated rings. The summed E-state index contributed by atoms with van der Waals surface area (Å²) in [7, 11) is -2.49. The fraction of sp³-hybridized carbons (Fsp3) is 0.235. The van der Waals surface area contributed by atoms with Gasteiger partial charge in [0.1, 0.15) is 10.6 Å². The number of urea groups is 1. The maximum Gasteiger partial charge on any atom is 0.340 e. The van der Waals surface area contributed by atoms with Gasteiger partial charge in [0.05, 0.1) is 18.5 Å². The molecule has 0 saturated heterocycles. The maximum absolute atomic E-state index is 12.8. The summed E-state index contributed by atoms with van der Waals surface area (Å²) in [4.78, 5) is 12.4. The van der Waals surface area contributed by atoms with Gasteiger partial charge in [0.2, 0.25) is 0 Å². The number of anilines is 2. The zero-order valence-corrected chi connectivity index (χ0v) is 14.3. The van der Waals surface area contributed by atoms with Gasteiger partial charge in [0.25, 0.3) is 10.0 Å². The largest absolute Gasteiger partial charge is 0.497 e. The number of sulfonamides is 1. The Morgan fingerprint density at radius 3 is 2.46 bits per heavy atom. The molecule has 0 aromatic heterocycles. The minimum atomic E-state index is -3.97. The van der Waals surface area contributed by atoms with E-state index in [2.05, 4.69) is 12.2 Å². The van der Waals surface area contributed by atoms with Crippen LogP contribution in [0.3, 0.4) is 0 Å². The van der Waals surface area contributed by atoms with Gasteiger partial charge in [0, 0.05) is 6.07 Å². The molecule has 0 radical (unpaired) electrons. The van der Waals surface area contributed by atoms with Crippen LogP contribution in [0.4, 0.5) is 16.2 Å². The van der Waals surface area contributed by atoms with Crippen LogP contribution in [0.25, 0.3) is 0 Å². The van der Waals surface area contributed by atoms with Crippen molar-refractivity contribution >= 4 is 27.4 Å². The lowest BCUT2D eigenvalue weighted by molar-refractivity contribution is 0.259. The summed E-state index contributed by atoms with van der Waals surface area (Å²) in [5, 5.41) is 2.61. The molecule has 6 nitrogen and oxygen atoms in total. The summed E-state index contributed by atoms with van der Waals surface area (Å²) in [6, 6.07) is 10.7. The van der Waals surface area contributed by atoms with Crippen LogP contribution >= 0.6 is 0 Å². The highest BCUT2D eigenvalue weighted by molar-refractivity contribution is 7.94. The molecular weight excluding hydrogens is 328 g/mol. The fourth-order valence-corrected chi connectivity index (χ4v) is 4.16. The van der Waals surface area contributed by atoms with Crippen molar-refractivity contribution < 1.29 is 17.9 Å². The van der Waals surface area contributed by atoms with E-state index in [1.165, 1.54) is 19.2 Å². The Hall–Kier alpha value is -2.54. The van der Waals surface area contributed by atoms with Crippen molar-refractivity contribution in [1.82, 2.24) is 0 Å². The van der Waals surface area contributed by atoms with Crippen molar-refractivity contribution in [3.05, 3.63) is 48.0 Å². The first-order valence-electron chi connectivity index (χ1n) is 7.60. The van der Waals surface area contributed by atoms with E-state index in [-0.39, 0.29) is 10.6 Å². The molecule has 2 aromatic carbocycles. The number of benzene rings is 2. The standard InChI is InChI=1S/C17H18N2O4S/c1-3-4-12-5-7-13(8-6-12)19-17(20)18-15-11-14(23-2)9-10-16(15)24(19,21)22/h5-11H,3-4H2,1-2H3,(H,18,20). The molecule has 1 N–H and O–H groups in total. The number of carbonyl (C=O) groups is 1. The molecule has 1 aliphatic heterocycles. The highest BCUT2D eigenvalue weighted by Crippen LogP contribution is 2.35. The number of hydrogen-bond donors (Lipinski definition) is 1. The first-order valence-corrected chi connectivity index (χ1v) is 9.04. The quantitative estimate of drug-likeness (QED) is 0.921. The molecule has 0 bridgehead atoms. The van der Waals surface area contributed by atoms with E-state index in [9.17, 15) is 13.2 Å². The highest BCUT2D eigenvalue weighted by atomic mass is 32.2. The van der Waals surface area contributed by atoms with Crippen molar-refractivity contribution in [2.45, 2.75) is 24.7 Å². The lowest BCUT2D eigenvalue weighted by Gasteiger charge is -2.29. The number of amides is 2. The molecule has 2 amide bonds. The molecule has 2 aromatic rings. The van der Waals surface area contributed by atoms with Crippen molar-refractivity contribution in [1.29, 1.82) is 0 Å². The van der Waals surface area contributed by atoms with Crippen molar-refractivity contribution in [3.8, 4) is 5.75 Å². The molecule has 0 saturated carbocycles. The van der Waals surface area contributed by atoms with Crippen LogP contribution in [0.5, 0.6) is 5.75 Å². The van der Waals surface area contributed by atoms with Crippen LogP contribution in [0.2, 0.25) is 0 Å². The minimum Gasteiger partial charge on any atom is -0.497 e. The number of nitrogens with one attached hydrogen (secondary N) is 1. The summed E-state index contributed by atoms with van der Waals surface area (Å²) < 4.78 is 31.6. The fourth-order valence-electron chi connectivity index (χ4n) is 2.67. The van der Waals surface area contributed by atoms with Crippen LogP contribution < -0.4 is 14.4 Å². The number of carbonyl (C=O) groups excluding carboxylic acids is 1. The number of fused-ring (bicyclic) bond motifs is 1. The molecule has 126 valence electrons. The Kier molecular flexibility index (Phi) is 4.19. The maximum atomic E-state index is 12.8. The van der Waals surface area contributed by atoms with Gasteiger partial charge in [-0.05, 0) is 36.2 Å². The Labute approximate surface area is 141 Å². The van der Waals surface area contributed by atoms with Gasteiger partial charge in [-0.3, -0.25) is 0 Å². The van der Waals surface area contributed by atoms with Crippen LogP contribution in [0.1, 0.15) is 18.9 Å². The Balaban J connectivity index is 2.04. The van der Waals surface area contributed by atoms with Crippen molar-refractivity contribution in [2.24, 2.45) is 0 Å². The van der Waals surface area contributed by atoms with E-state index >= 15 is 0 Å². The minimum absolute atomic E-state index is 0.0422. The second kappa shape index (κ2) is 6.16. The monoisotopic (exact) mass is 346 g/mol. The number of methoxy groups -OCH3 is 1. The molecular formula is C17H18N2O4S. The smallest absolute Gasteiger partial charge is 0.340 e. The Morgan fingerprint density at radius 2 is 1.83 bits per heavy atom. The number of ether oxygens (including phenoxy) is 1. The molecule has 0 unspecified atom stereocenters. The van der Waals surface area contributed by atoms with Crippen LogP contribution in [-0.4, -0.2) is 21.6 Å². The van der Waals surface area contributed by atoms with Gasteiger partial charge in [-0.25, -0.2) is 13.2 Å². The van der Waals surface area contributed by atoms with Crippen LogP contribution in [0, 0.1) is 0 Å². The third-order valence-electron chi connectivity index (χ3n) is 3.84. The number of aryl methyl sites for hydroxylation is 1. The molecule has 0 spiro atoms. The number of nitrogens with zero attached hydrogens (tertiary/aromatic N) is 1. The van der Waals surface area contributed by atoms with E-state index in [1.54, 1.807) is 18.2 Å². The van der Waals surface area contributed by atoms with Gasteiger partial charge in [-0.1, -0.05) is 25.5 Å². The second-order valence-corrected chi connectivity index (χ2v) is 7.23. The zero-order valence-electron chi connectivity index (χ0n) is 13.4. The van der Waals surface area contributed by atoms with E-state index in [0.29, 0.717) is 11.4 Å². The van der Waals surface area contributed by atoms with E-state index in [4.69, 9.17) is 4.74 Å². The topological polar surface area (TPSA) is 75.7 Å². The number of hydrogen-bond acceptors (Lipinski definition) is 4. The first-order chi connectivity index (χ1) is 11.5. The third kappa shape index (κ3) is 2.71. The molecule has 24 heavy (non-hydrogen) atoms. The van der Waals surface area contributed by atoms with Crippen molar-refractivity contribution in [3.63, 3.8) is 0 Å². The average molecular weight is 346 g/mol. The molecule has 0 atom stereocenters. The van der Waals surface area contributed by atoms with Gasteiger partial charge in [-0.15, -0.1) is 0 Å². The third-order valence-corrected chi connectivity index (χ3v) is 5.61. The number of rotatable bonds is 4. The molecule has 0 aliphatic carbocycles. The Morgan fingerprint density at radius 1 is 1.12 bits per heavy atom. The predicted octanol–water partition coefficient (Wildman–Crippen LogP) is 3.39. The summed E-state index contributed by atoms with van der Waals surface area (Å²) >= 11 is 0. The van der Waals surface area contributed by atoms with E-state index in [1.807, 2.05) is 12.1 Å². The first kappa shape index (κ1) is 16.3. The zero-order chi connectivity index (χ0) is 17.3. The van der Waals surface area contributed by atoms with Gasteiger partial charge in [-0.2, -0.15) is 4.31 Å². The van der Waals surface area contributed by atoms with E-state index in [0.717, 1.165) is 22.7 Å². The lowest BCUT2D eigenvalue weighted by Crippen LogP contribution is -2.44. The predicted molar refractivity (Wildman–Crippen MR) is 92.1 cm³/mol. The normalized spacial score (nSPS) is 15.6. The summed E-state index contributed by atoms with van der Waals surface area (Å²) in [6.45, 7) is 2.07. The van der Waals surface area contributed by atoms with Gasteiger partial charge >= 0.3 is 6.03 Å². The SMILES string of the molecule is CCCc1ccc(N2C(=O)Nc3cc(OC)ccc3S2(=O)=O)cc1. The van der Waals surface area contributed by atoms with Crippen LogP contribution in [-0.2, 0) is 16.4 Å². The highest BCUT2D eigenvalue weighted by Gasteiger charge is 2.38. The van der Waals surface area contributed by atoms with E-state index < -0.39 is 16.1 Å². The average Bonchev–Trinajstić information content (AvgIpc) is 2.55. The summed E-state index contributed by atoms with van der Waals surface area (Å²) in [5.41, 5.74) is 1.63. The molecule has 3 rings (SSSR count). The second-order valence-electron chi connectivity index (χ2n) is 5.48. The summed E-state index contributed by atoms with van der Waals surface area (Å²) in [5.74, 6) is 0.474. The van der Waals surface area contributed by atoms with Crippen molar-refractivity contribution in [2.75, 3.05) is 16.7 Å². The molecule has 1 heterocycles. The van der Waals surface area contributed by atoms with Gasteiger partial charge < -0.3 is 10.1 Å². The Bertz CT molecular complexity index is 876. The summed E-state index contributed by atoms with van der Waals surface area (Å²) in [6.07, 6.45) is 1.90.